The highest BCUT2D eigenvalue weighted by molar-refractivity contribution is 6.07. The fourth-order valence-corrected chi connectivity index (χ4v) is 1.71. The van der Waals surface area contributed by atoms with Crippen LogP contribution in [0.4, 0.5) is 5.69 Å². The molecule has 0 fully saturated rings. The minimum atomic E-state index is -0.642. The van der Waals surface area contributed by atoms with Crippen molar-refractivity contribution >= 4 is 28.3 Å². The van der Waals surface area contributed by atoms with Gasteiger partial charge in [-0.25, -0.2) is 0 Å². The number of primary amides is 1. The zero-order chi connectivity index (χ0) is 13.4. The fourth-order valence-electron chi connectivity index (χ4n) is 1.71. The van der Waals surface area contributed by atoms with Gasteiger partial charge >= 0.3 is 0 Å². The Bertz CT molecular complexity index is 732. The van der Waals surface area contributed by atoms with Gasteiger partial charge in [-0.1, -0.05) is 0 Å². The van der Waals surface area contributed by atoms with Gasteiger partial charge in [-0.2, -0.15) is 0 Å². The molecule has 92 valence electrons. The number of hydrogen-bond acceptors (Lipinski definition) is 5. The number of nitrogens with zero attached hydrogens (tertiary/aromatic N) is 1. The summed E-state index contributed by atoms with van der Waals surface area (Å²) < 4.78 is 0. The molecule has 2 rings (SSSR count). The summed E-state index contributed by atoms with van der Waals surface area (Å²) in [5.74, 6) is -0.642. The van der Waals surface area contributed by atoms with Crippen LogP contribution >= 0.6 is 0 Å². The maximum absolute atomic E-state index is 11.8. The number of pyridine rings is 2. The van der Waals surface area contributed by atoms with E-state index in [4.69, 9.17) is 16.9 Å². The van der Waals surface area contributed by atoms with Crippen molar-refractivity contribution in [2.45, 2.75) is 6.92 Å². The number of nitrogens with one attached hydrogen (secondary N) is 2. The highest BCUT2D eigenvalue weighted by Gasteiger charge is 2.13. The minimum absolute atomic E-state index is 0.0522. The third-order valence-electron chi connectivity index (χ3n) is 2.55. The number of aromatic amines is 1. The van der Waals surface area contributed by atoms with Crippen molar-refractivity contribution in [2.24, 2.45) is 5.73 Å². The van der Waals surface area contributed by atoms with Crippen LogP contribution in [-0.2, 0) is 0 Å². The smallest absolute Gasteiger partial charge is 0.259 e. The lowest BCUT2D eigenvalue weighted by atomic mass is 10.1. The molecule has 0 aliphatic carbocycles. The lowest BCUT2D eigenvalue weighted by molar-refractivity contribution is 0.1000. The lowest BCUT2D eigenvalue weighted by Gasteiger charge is -2.07. The number of carbonyl (C=O) groups excluding carboxylic acids is 1. The Morgan fingerprint density at radius 3 is 2.72 bits per heavy atom. The molecule has 18 heavy (non-hydrogen) atoms. The molecule has 2 heterocycles. The summed E-state index contributed by atoms with van der Waals surface area (Å²) in [6.45, 7) is 1.46. The van der Waals surface area contributed by atoms with Gasteiger partial charge in [0.25, 0.3) is 5.56 Å². The number of anilines is 1. The van der Waals surface area contributed by atoms with Gasteiger partial charge in [0.05, 0.1) is 22.3 Å². The molecule has 7 heteroatoms. The molecule has 6 N–H and O–H groups in total. The Morgan fingerprint density at radius 2 is 2.17 bits per heavy atom. The van der Waals surface area contributed by atoms with Gasteiger partial charge in [-0.3, -0.25) is 14.6 Å². The molecule has 0 atom stereocenters. The van der Waals surface area contributed by atoms with Crippen LogP contribution in [0.2, 0.25) is 0 Å². The van der Waals surface area contributed by atoms with Crippen molar-refractivity contribution < 1.29 is 4.79 Å². The number of amides is 1. The first-order chi connectivity index (χ1) is 8.41. The number of fused-ring (bicyclic) bond motifs is 1. The number of H-pyrrole nitrogens is 1. The second kappa shape index (κ2) is 3.95. The normalized spacial score (nSPS) is 10.5. The minimum Gasteiger partial charge on any atom is -0.396 e. The Hall–Kier alpha value is -2.70. The van der Waals surface area contributed by atoms with Crippen LogP contribution in [0.15, 0.2) is 17.1 Å². The van der Waals surface area contributed by atoms with Crippen LogP contribution in [-0.4, -0.2) is 21.6 Å². The van der Waals surface area contributed by atoms with Crippen LogP contribution in [0, 0.1) is 5.41 Å². The average Bonchev–Trinajstić information content (AvgIpc) is 2.27. The van der Waals surface area contributed by atoms with Gasteiger partial charge in [0, 0.05) is 11.9 Å². The topological polar surface area (TPSA) is 139 Å². The Kier molecular flexibility index (Phi) is 2.59. The summed E-state index contributed by atoms with van der Waals surface area (Å²) in [6, 6.07) is 1.41. The first kappa shape index (κ1) is 11.8. The predicted molar refractivity (Wildman–Crippen MR) is 67.8 cm³/mol. The first-order valence-electron chi connectivity index (χ1n) is 5.08. The van der Waals surface area contributed by atoms with E-state index in [2.05, 4.69) is 9.97 Å². The molecule has 7 nitrogen and oxygen atoms in total. The van der Waals surface area contributed by atoms with Crippen LogP contribution in [0.3, 0.4) is 0 Å². The van der Waals surface area contributed by atoms with E-state index in [0.717, 1.165) is 0 Å². The third-order valence-corrected chi connectivity index (χ3v) is 2.55. The van der Waals surface area contributed by atoms with Crippen molar-refractivity contribution in [2.75, 3.05) is 5.73 Å². The molecule has 1 amide bonds. The number of rotatable bonds is 2. The summed E-state index contributed by atoms with van der Waals surface area (Å²) in [4.78, 5) is 29.3. The summed E-state index contributed by atoms with van der Waals surface area (Å²) >= 11 is 0. The van der Waals surface area contributed by atoms with Crippen molar-refractivity contribution in [3.63, 3.8) is 0 Å². The van der Waals surface area contributed by atoms with E-state index in [0.29, 0.717) is 11.0 Å². The Balaban J connectivity index is 2.86. The van der Waals surface area contributed by atoms with E-state index in [-0.39, 0.29) is 22.5 Å². The molecule has 2 aromatic rings. The quantitative estimate of drug-likeness (QED) is 0.552. The van der Waals surface area contributed by atoms with E-state index in [1.165, 1.54) is 19.2 Å². The van der Waals surface area contributed by atoms with Crippen LogP contribution in [0.5, 0.6) is 0 Å². The van der Waals surface area contributed by atoms with Gasteiger partial charge < -0.3 is 21.9 Å². The number of hydrogen-bond donors (Lipinski definition) is 4. The molecule has 0 aromatic carbocycles. The highest BCUT2D eigenvalue weighted by Crippen LogP contribution is 2.19. The summed E-state index contributed by atoms with van der Waals surface area (Å²) in [7, 11) is 0. The molecular formula is C11H11N5O2. The molecule has 0 unspecified atom stereocenters. The summed E-state index contributed by atoms with van der Waals surface area (Å²) in [6.07, 6.45) is 1.28. The predicted octanol–water partition coefficient (Wildman–Crippen LogP) is -0.00803. The summed E-state index contributed by atoms with van der Waals surface area (Å²) in [5, 5.41) is 7.50. The molecule has 2 aromatic heterocycles. The molecular weight excluding hydrogens is 234 g/mol. The van der Waals surface area contributed by atoms with Crippen LogP contribution in [0.1, 0.15) is 22.8 Å². The van der Waals surface area contributed by atoms with Gasteiger partial charge in [0.2, 0.25) is 5.91 Å². The zero-order valence-electron chi connectivity index (χ0n) is 9.57. The van der Waals surface area contributed by atoms with Crippen molar-refractivity contribution in [3.05, 3.63) is 33.7 Å². The number of nitrogens with two attached hydrogens (primary N) is 2. The van der Waals surface area contributed by atoms with Crippen molar-refractivity contribution in [1.29, 1.82) is 5.41 Å². The van der Waals surface area contributed by atoms with Gasteiger partial charge in [0.15, 0.2) is 0 Å². The summed E-state index contributed by atoms with van der Waals surface area (Å²) in [5.41, 5.74) is 11.5. The van der Waals surface area contributed by atoms with E-state index in [9.17, 15) is 9.59 Å². The molecule has 0 aliphatic heterocycles. The van der Waals surface area contributed by atoms with E-state index in [1.54, 1.807) is 0 Å². The molecule has 0 spiro atoms. The maximum atomic E-state index is 11.8. The van der Waals surface area contributed by atoms with Crippen LogP contribution < -0.4 is 17.0 Å². The van der Waals surface area contributed by atoms with Gasteiger partial charge in [-0.05, 0) is 13.0 Å². The van der Waals surface area contributed by atoms with Gasteiger partial charge in [-0.15, -0.1) is 0 Å². The Morgan fingerprint density at radius 1 is 1.50 bits per heavy atom. The number of nitrogen functional groups attached to an aromatic ring is 1. The first-order valence-corrected chi connectivity index (χ1v) is 5.08. The molecule has 0 saturated carbocycles. The van der Waals surface area contributed by atoms with Crippen LogP contribution in [0.25, 0.3) is 11.0 Å². The standard InChI is InChI=1S/C11H11N5O2/c1-4(12)7-8(13)9-6(16-11(7)18)2-5(3-15-9)10(14)17/h2-3,12H,1H3,(H2,14,17)(H3,13,16,18). The monoisotopic (exact) mass is 245 g/mol. The van der Waals surface area contributed by atoms with E-state index < -0.39 is 11.5 Å². The third kappa shape index (κ3) is 1.71. The van der Waals surface area contributed by atoms with Crippen molar-refractivity contribution in [3.8, 4) is 0 Å². The molecule has 0 aliphatic rings. The van der Waals surface area contributed by atoms with Gasteiger partial charge in [0.1, 0.15) is 5.52 Å². The second-order valence-electron chi connectivity index (χ2n) is 3.85. The molecule has 0 radical (unpaired) electrons. The number of carbonyl (C=O) groups is 1. The lowest BCUT2D eigenvalue weighted by Crippen LogP contribution is -2.20. The van der Waals surface area contributed by atoms with Crippen molar-refractivity contribution in [1.82, 2.24) is 9.97 Å². The largest absolute Gasteiger partial charge is 0.396 e. The molecule has 0 bridgehead atoms. The molecule has 0 saturated heterocycles. The average molecular weight is 245 g/mol. The zero-order valence-corrected chi connectivity index (χ0v) is 9.57. The van der Waals surface area contributed by atoms with E-state index in [1.807, 2.05) is 0 Å². The second-order valence-corrected chi connectivity index (χ2v) is 3.85. The number of aromatic nitrogens is 2. The SMILES string of the molecule is CC(=N)c1c(N)c2ncc(C(N)=O)cc2[nH]c1=O. The highest BCUT2D eigenvalue weighted by atomic mass is 16.1. The Labute approximate surface area is 101 Å². The maximum Gasteiger partial charge on any atom is 0.259 e. The van der Waals surface area contributed by atoms with E-state index >= 15 is 0 Å². The fraction of sp³-hybridized carbons (Fsp3) is 0.0909.